The van der Waals surface area contributed by atoms with Crippen molar-refractivity contribution < 1.29 is 13.0 Å². The first-order valence-electron chi connectivity index (χ1n) is 14.9. The zero-order valence-corrected chi connectivity index (χ0v) is 27.9. The molecule has 2 bridgehead atoms. The predicted molar refractivity (Wildman–Crippen MR) is 176 cm³/mol. The maximum Gasteiger partial charge on any atom is 0.265 e. The number of nitrogens with one attached hydrogen (secondary N) is 2. The smallest absolute Gasteiger partial charge is 0.265 e. The van der Waals surface area contributed by atoms with Crippen LogP contribution in [0.15, 0.2) is 45.8 Å². The first-order valence-corrected chi connectivity index (χ1v) is 18.9. The third-order valence-electron chi connectivity index (χ3n) is 9.04. The van der Waals surface area contributed by atoms with Crippen LogP contribution < -0.4 is 10.9 Å². The number of benzene rings is 1. The number of thioether (sulfide) groups is 1. The maximum atomic E-state index is 11.9. The number of hydrogen-bond donors (Lipinski definition) is 3. The number of hydrogen-bond acceptors (Lipinski definition) is 6. The van der Waals surface area contributed by atoms with Gasteiger partial charge in [0.1, 0.15) is 0 Å². The maximum absolute atomic E-state index is 11.9. The molecule has 1 aliphatic carbocycles. The van der Waals surface area contributed by atoms with E-state index in [-0.39, 0.29) is 5.56 Å². The van der Waals surface area contributed by atoms with Crippen LogP contribution in [0, 0.1) is 11.8 Å². The fourth-order valence-corrected chi connectivity index (χ4v) is 8.62. The quantitative estimate of drug-likeness (QED) is 0.330. The standard InChI is InChI=1S/C19H26N2S.C11H13BrN2O.CH4O3S/c1-3-7-21-11-13(12-22-2)8-16-15-5-4-6-17-19(15)14(10-20-17)9-18(16)21;12-9-1-2-10-8-3-7(4-13-5-8)6-14(10)11(9)15;1-5(2,3)4/h4-6,10,13,16,18,20H,3,7-9,11-12H2,1-2H3;1-2,7-8,13H,3-6H2;1H3,(H,2,3,4)/t13-,16-,18-;;/m1../s1. The monoisotopic (exact) mass is 678 g/mol. The lowest BCUT2D eigenvalue weighted by molar-refractivity contribution is 0.0926. The first-order chi connectivity index (χ1) is 20.1. The number of H-pyrrole nitrogens is 1. The summed E-state index contributed by atoms with van der Waals surface area (Å²) in [5, 5.41) is 4.97. The number of halogens is 1. The average Bonchev–Trinajstić information content (AvgIpc) is 3.36. The van der Waals surface area contributed by atoms with E-state index in [1.165, 1.54) is 66.7 Å². The molecule has 4 aliphatic rings. The molecule has 0 saturated carbocycles. The first kappa shape index (κ1) is 31.8. The molecule has 230 valence electrons. The van der Waals surface area contributed by atoms with E-state index in [1.807, 2.05) is 22.4 Å². The topological polar surface area (TPSA) is 107 Å². The van der Waals surface area contributed by atoms with Gasteiger partial charge in [0.2, 0.25) is 0 Å². The van der Waals surface area contributed by atoms with Gasteiger partial charge in [-0.1, -0.05) is 19.1 Å². The van der Waals surface area contributed by atoms with E-state index in [2.05, 4.69) is 74.8 Å². The van der Waals surface area contributed by atoms with Crippen molar-refractivity contribution in [2.75, 3.05) is 44.4 Å². The number of nitrogens with zero attached hydrogens (tertiary/aromatic N) is 2. The van der Waals surface area contributed by atoms with Gasteiger partial charge in [0, 0.05) is 60.3 Å². The molecule has 5 heterocycles. The molecule has 0 spiro atoms. The number of likely N-dealkylation sites (tertiary alicyclic amines) is 1. The van der Waals surface area contributed by atoms with Gasteiger partial charge in [-0.25, -0.2) is 0 Å². The summed E-state index contributed by atoms with van der Waals surface area (Å²) < 4.78 is 28.5. The van der Waals surface area contributed by atoms with E-state index in [0.29, 0.717) is 28.6 Å². The van der Waals surface area contributed by atoms with Crippen molar-refractivity contribution in [3.8, 4) is 0 Å². The second kappa shape index (κ2) is 13.6. The number of aromatic nitrogens is 2. The zero-order valence-electron chi connectivity index (χ0n) is 24.7. The van der Waals surface area contributed by atoms with Gasteiger partial charge in [-0.2, -0.15) is 20.2 Å². The molecule has 1 aromatic carbocycles. The summed E-state index contributed by atoms with van der Waals surface area (Å²) in [5.74, 6) is 4.03. The van der Waals surface area contributed by atoms with E-state index >= 15 is 0 Å². The van der Waals surface area contributed by atoms with E-state index < -0.39 is 10.1 Å². The van der Waals surface area contributed by atoms with Gasteiger partial charge in [0.05, 0.1) is 10.7 Å². The molecule has 11 heteroatoms. The van der Waals surface area contributed by atoms with Crippen LogP contribution in [0.2, 0.25) is 0 Å². The Hall–Kier alpha value is -1.63. The van der Waals surface area contributed by atoms with Crippen LogP contribution in [-0.2, 0) is 23.1 Å². The van der Waals surface area contributed by atoms with Gasteiger partial charge in [-0.05, 0) is 108 Å². The molecule has 8 nitrogen and oxygen atoms in total. The minimum Gasteiger partial charge on any atom is -0.361 e. The molecular formula is C31H43BrN4O4S2. The van der Waals surface area contributed by atoms with Gasteiger partial charge < -0.3 is 14.9 Å². The second-order valence-electron chi connectivity index (χ2n) is 12.2. The van der Waals surface area contributed by atoms with Crippen molar-refractivity contribution in [1.82, 2.24) is 19.8 Å². The number of fused-ring (bicyclic) bond motifs is 6. The summed E-state index contributed by atoms with van der Waals surface area (Å²) in [6, 6.07) is 11.5. The van der Waals surface area contributed by atoms with Gasteiger partial charge >= 0.3 is 0 Å². The van der Waals surface area contributed by atoms with Gasteiger partial charge in [0.15, 0.2) is 0 Å². The van der Waals surface area contributed by atoms with Gasteiger partial charge in [-0.3, -0.25) is 14.2 Å². The summed E-state index contributed by atoms with van der Waals surface area (Å²) in [6.07, 6.45) is 10.3. The predicted octanol–water partition coefficient (Wildman–Crippen LogP) is 5.09. The Morgan fingerprint density at radius 1 is 1.14 bits per heavy atom. The minimum atomic E-state index is -3.67. The van der Waals surface area contributed by atoms with E-state index in [4.69, 9.17) is 4.55 Å². The van der Waals surface area contributed by atoms with Crippen LogP contribution in [0.5, 0.6) is 0 Å². The van der Waals surface area contributed by atoms with Crippen molar-refractivity contribution in [2.24, 2.45) is 11.8 Å². The normalized spacial score (nSPS) is 26.3. The minimum absolute atomic E-state index is 0.129. The van der Waals surface area contributed by atoms with Crippen molar-refractivity contribution in [3.05, 3.63) is 68.2 Å². The second-order valence-corrected chi connectivity index (χ2v) is 15.5. The lowest BCUT2D eigenvalue weighted by Crippen LogP contribution is -2.50. The Balaban J connectivity index is 0.000000152. The average molecular weight is 680 g/mol. The van der Waals surface area contributed by atoms with Crippen LogP contribution in [-0.4, -0.2) is 77.9 Å². The summed E-state index contributed by atoms with van der Waals surface area (Å²) >= 11 is 5.32. The molecule has 2 fully saturated rings. The number of piperidine rings is 2. The SMILES string of the molecule is CCCN1C[C@H](CSC)C[C@@H]2c3cccc4[nH]cc(c34)C[C@H]21.CS(=O)(=O)O.O=c1c(Br)ccc2n1CC1CNCC2C1. The number of rotatable bonds is 4. The van der Waals surface area contributed by atoms with Crippen LogP contribution in [0.25, 0.3) is 10.9 Å². The fraction of sp³-hybridized carbons (Fsp3) is 0.581. The highest BCUT2D eigenvalue weighted by atomic mass is 79.9. The van der Waals surface area contributed by atoms with Gasteiger partial charge in [0.25, 0.3) is 15.7 Å². The Labute approximate surface area is 261 Å². The molecule has 3 aromatic rings. The van der Waals surface area contributed by atoms with Crippen LogP contribution in [0.3, 0.4) is 0 Å². The highest BCUT2D eigenvalue weighted by Gasteiger charge is 2.40. The molecule has 2 saturated heterocycles. The molecule has 3 aliphatic heterocycles. The van der Waals surface area contributed by atoms with E-state index in [1.54, 1.807) is 5.56 Å². The summed E-state index contributed by atoms with van der Waals surface area (Å²) in [4.78, 5) is 18.2. The third kappa shape index (κ3) is 7.18. The molecule has 7 rings (SSSR count). The Morgan fingerprint density at radius 3 is 2.67 bits per heavy atom. The molecular weight excluding hydrogens is 636 g/mol. The van der Waals surface area contributed by atoms with Crippen molar-refractivity contribution in [1.29, 1.82) is 0 Å². The summed E-state index contributed by atoms with van der Waals surface area (Å²) in [6.45, 7) is 7.80. The molecule has 2 unspecified atom stereocenters. The number of pyridine rings is 1. The molecule has 42 heavy (non-hydrogen) atoms. The lowest BCUT2D eigenvalue weighted by atomic mass is 9.72. The van der Waals surface area contributed by atoms with Crippen molar-refractivity contribution in [2.45, 2.75) is 57.0 Å². The van der Waals surface area contributed by atoms with Crippen molar-refractivity contribution >= 4 is 48.7 Å². The van der Waals surface area contributed by atoms with Crippen LogP contribution in [0.4, 0.5) is 0 Å². The Morgan fingerprint density at radius 2 is 1.93 bits per heavy atom. The largest absolute Gasteiger partial charge is 0.361 e. The molecule has 2 aromatic heterocycles. The number of aromatic amines is 1. The molecule has 3 N–H and O–H groups in total. The van der Waals surface area contributed by atoms with Crippen LogP contribution in [0.1, 0.15) is 54.8 Å². The Kier molecular flexibility index (Phi) is 10.3. The molecule has 0 amide bonds. The summed E-state index contributed by atoms with van der Waals surface area (Å²) in [7, 11) is -3.67. The molecule has 5 atom stereocenters. The Bertz CT molecular complexity index is 1550. The lowest BCUT2D eigenvalue weighted by Gasteiger charge is -2.47. The fourth-order valence-electron chi connectivity index (χ4n) is 7.56. The molecule has 0 radical (unpaired) electrons. The highest BCUT2D eigenvalue weighted by Crippen LogP contribution is 2.45. The van der Waals surface area contributed by atoms with E-state index in [0.717, 1.165) is 31.5 Å². The highest BCUT2D eigenvalue weighted by molar-refractivity contribution is 9.10. The summed E-state index contributed by atoms with van der Waals surface area (Å²) in [5.41, 5.74) is 5.81. The van der Waals surface area contributed by atoms with Crippen LogP contribution >= 0.6 is 27.7 Å². The van der Waals surface area contributed by atoms with Gasteiger partial charge in [-0.15, -0.1) is 0 Å². The third-order valence-corrected chi connectivity index (χ3v) is 10.4. The zero-order chi connectivity index (χ0) is 30.0. The van der Waals surface area contributed by atoms with Crippen molar-refractivity contribution in [3.63, 3.8) is 0 Å². The van der Waals surface area contributed by atoms with E-state index in [9.17, 15) is 13.2 Å².